The summed E-state index contributed by atoms with van der Waals surface area (Å²) in [5.41, 5.74) is 1.00. The summed E-state index contributed by atoms with van der Waals surface area (Å²) in [6.45, 7) is 2.76. The van der Waals surface area contributed by atoms with Crippen LogP contribution in [0.2, 0.25) is 0 Å². The largest absolute Gasteiger partial charge is 0.337 e. The molecule has 0 aromatic carbocycles. The third kappa shape index (κ3) is 4.04. The van der Waals surface area contributed by atoms with Crippen molar-refractivity contribution in [3.63, 3.8) is 0 Å². The molecule has 106 valence electrons. The molecule has 1 aromatic heterocycles. The molecule has 0 saturated carbocycles. The van der Waals surface area contributed by atoms with Crippen LogP contribution in [0, 0.1) is 17.2 Å². The fourth-order valence-corrected chi connectivity index (χ4v) is 2.48. The zero-order valence-electron chi connectivity index (χ0n) is 11.6. The highest BCUT2D eigenvalue weighted by Gasteiger charge is 2.25. The highest BCUT2D eigenvalue weighted by Crippen LogP contribution is 2.15. The van der Waals surface area contributed by atoms with Gasteiger partial charge in [0.05, 0.1) is 18.4 Å². The minimum atomic E-state index is 0.0408. The van der Waals surface area contributed by atoms with Crippen LogP contribution in [0.1, 0.15) is 24.8 Å². The van der Waals surface area contributed by atoms with Crippen LogP contribution in [0.3, 0.4) is 0 Å². The maximum absolute atomic E-state index is 12.6. The van der Waals surface area contributed by atoms with E-state index >= 15 is 0 Å². The second kappa shape index (κ2) is 7.61. The molecule has 1 amide bonds. The predicted molar refractivity (Wildman–Crippen MR) is 75.5 cm³/mol. The number of nitrogens with zero attached hydrogens (tertiary/aromatic N) is 3. The fraction of sp³-hybridized carbons (Fsp3) is 0.533. The molecule has 2 rings (SSSR count). The van der Waals surface area contributed by atoms with E-state index in [1.807, 2.05) is 12.1 Å². The molecule has 1 N–H and O–H groups in total. The van der Waals surface area contributed by atoms with Crippen LogP contribution in [-0.4, -0.2) is 35.4 Å². The Balaban J connectivity index is 2.02. The third-order valence-electron chi connectivity index (χ3n) is 3.55. The Kier molecular flexibility index (Phi) is 5.51. The molecule has 0 radical (unpaired) electrons. The number of carbonyl (C=O) groups is 1. The molecule has 1 fully saturated rings. The molecule has 1 aliphatic heterocycles. The summed E-state index contributed by atoms with van der Waals surface area (Å²) >= 11 is 0. The number of rotatable bonds is 5. The van der Waals surface area contributed by atoms with Crippen molar-refractivity contribution in [2.45, 2.75) is 25.8 Å². The number of hydrogen-bond donors (Lipinski definition) is 1. The molecule has 1 aliphatic rings. The minimum Gasteiger partial charge on any atom is -0.337 e. The molecular weight excluding hydrogens is 252 g/mol. The number of amides is 1. The van der Waals surface area contributed by atoms with E-state index in [0.29, 0.717) is 19.5 Å². The van der Waals surface area contributed by atoms with Gasteiger partial charge >= 0.3 is 0 Å². The van der Waals surface area contributed by atoms with Crippen LogP contribution in [0.4, 0.5) is 0 Å². The molecule has 5 nitrogen and oxygen atoms in total. The average Bonchev–Trinajstić information content (AvgIpc) is 2.52. The number of aromatic nitrogens is 1. The molecule has 0 aliphatic carbocycles. The van der Waals surface area contributed by atoms with Crippen LogP contribution >= 0.6 is 0 Å². The lowest BCUT2D eigenvalue weighted by molar-refractivity contribution is -0.136. The molecule has 0 spiro atoms. The van der Waals surface area contributed by atoms with Gasteiger partial charge < -0.3 is 10.2 Å². The minimum absolute atomic E-state index is 0.0408. The predicted octanol–water partition coefficient (Wildman–Crippen LogP) is 1.32. The quantitative estimate of drug-likeness (QED) is 0.878. The van der Waals surface area contributed by atoms with E-state index in [-0.39, 0.29) is 11.8 Å². The Morgan fingerprint density at radius 3 is 3.15 bits per heavy atom. The van der Waals surface area contributed by atoms with Crippen molar-refractivity contribution in [1.82, 2.24) is 15.2 Å². The summed E-state index contributed by atoms with van der Waals surface area (Å²) in [6, 6.07) is 5.94. The third-order valence-corrected chi connectivity index (χ3v) is 3.55. The fourth-order valence-electron chi connectivity index (χ4n) is 2.48. The molecule has 2 heterocycles. The van der Waals surface area contributed by atoms with Gasteiger partial charge in [0, 0.05) is 32.0 Å². The van der Waals surface area contributed by atoms with Crippen LogP contribution in [-0.2, 0) is 11.3 Å². The van der Waals surface area contributed by atoms with E-state index in [2.05, 4.69) is 16.4 Å². The molecular formula is C15H20N4O. The molecule has 1 saturated heterocycles. The Hall–Kier alpha value is -1.93. The second-order valence-electron chi connectivity index (χ2n) is 5.07. The van der Waals surface area contributed by atoms with Gasteiger partial charge in [0.25, 0.3) is 0 Å². The van der Waals surface area contributed by atoms with Crippen molar-refractivity contribution in [3.05, 3.63) is 30.1 Å². The van der Waals surface area contributed by atoms with Crippen molar-refractivity contribution in [2.75, 3.05) is 19.6 Å². The van der Waals surface area contributed by atoms with E-state index in [4.69, 9.17) is 5.26 Å². The van der Waals surface area contributed by atoms with E-state index in [1.54, 1.807) is 17.3 Å². The summed E-state index contributed by atoms with van der Waals surface area (Å²) in [5.74, 6) is 0.190. The Morgan fingerprint density at radius 1 is 1.60 bits per heavy atom. The van der Waals surface area contributed by atoms with Gasteiger partial charge in [-0.1, -0.05) is 6.07 Å². The SMILES string of the molecule is N#CCCN(Cc1cccnc1)C(=O)C1CCCNC1. The van der Waals surface area contributed by atoms with Gasteiger partial charge in [0.2, 0.25) is 5.91 Å². The highest BCUT2D eigenvalue weighted by molar-refractivity contribution is 5.79. The maximum Gasteiger partial charge on any atom is 0.227 e. The standard InChI is InChI=1S/C15H20N4O/c16-6-3-9-19(12-13-4-1-7-17-10-13)15(20)14-5-2-8-18-11-14/h1,4,7,10,14,18H,2-3,5,8-9,11-12H2. The molecule has 1 aromatic rings. The first-order valence-corrected chi connectivity index (χ1v) is 7.06. The molecule has 1 atom stereocenters. The first-order valence-electron chi connectivity index (χ1n) is 7.06. The van der Waals surface area contributed by atoms with Gasteiger partial charge in [-0.25, -0.2) is 0 Å². The van der Waals surface area contributed by atoms with Gasteiger partial charge in [-0.2, -0.15) is 5.26 Å². The van der Waals surface area contributed by atoms with Crippen LogP contribution in [0.5, 0.6) is 0 Å². The van der Waals surface area contributed by atoms with Crippen molar-refractivity contribution in [1.29, 1.82) is 5.26 Å². The molecule has 1 unspecified atom stereocenters. The van der Waals surface area contributed by atoms with E-state index in [1.165, 1.54) is 0 Å². The van der Waals surface area contributed by atoms with Gasteiger partial charge in [0.15, 0.2) is 0 Å². The Labute approximate surface area is 119 Å². The number of piperidine rings is 1. The summed E-state index contributed by atoms with van der Waals surface area (Å²) in [5, 5.41) is 12.0. The van der Waals surface area contributed by atoms with E-state index in [0.717, 1.165) is 31.5 Å². The smallest absolute Gasteiger partial charge is 0.227 e. The number of carbonyl (C=O) groups excluding carboxylic acids is 1. The van der Waals surface area contributed by atoms with Crippen LogP contribution in [0.25, 0.3) is 0 Å². The number of nitriles is 1. The molecule has 0 bridgehead atoms. The van der Waals surface area contributed by atoms with Gasteiger partial charge in [-0.05, 0) is 31.0 Å². The van der Waals surface area contributed by atoms with E-state index < -0.39 is 0 Å². The lowest BCUT2D eigenvalue weighted by Gasteiger charge is -2.29. The van der Waals surface area contributed by atoms with Crippen molar-refractivity contribution in [3.8, 4) is 6.07 Å². The molecule has 5 heteroatoms. The maximum atomic E-state index is 12.6. The van der Waals surface area contributed by atoms with Crippen molar-refractivity contribution < 1.29 is 4.79 Å². The zero-order chi connectivity index (χ0) is 14.2. The van der Waals surface area contributed by atoms with Gasteiger partial charge in [0.1, 0.15) is 0 Å². The summed E-state index contributed by atoms with van der Waals surface area (Å²) in [7, 11) is 0. The lowest BCUT2D eigenvalue weighted by atomic mass is 9.98. The number of nitrogens with one attached hydrogen (secondary N) is 1. The van der Waals surface area contributed by atoms with E-state index in [9.17, 15) is 4.79 Å². The normalized spacial score (nSPS) is 18.2. The highest BCUT2D eigenvalue weighted by atomic mass is 16.2. The lowest BCUT2D eigenvalue weighted by Crippen LogP contribution is -2.43. The van der Waals surface area contributed by atoms with Gasteiger partial charge in [-0.3, -0.25) is 9.78 Å². The van der Waals surface area contributed by atoms with Crippen LogP contribution < -0.4 is 5.32 Å². The summed E-state index contributed by atoms with van der Waals surface area (Å²) < 4.78 is 0. The zero-order valence-corrected chi connectivity index (χ0v) is 11.6. The second-order valence-corrected chi connectivity index (χ2v) is 5.07. The summed E-state index contributed by atoms with van der Waals surface area (Å²) in [4.78, 5) is 18.4. The topological polar surface area (TPSA) is 69.0 Å². The van der Waals surface area contributed by atoms with Crippen LogP contribution in [0.15, 0.2) is 24.5 Å². The first kappa shape index (κ1) is 14.5. The van der Waals surface area contributed by atoms with Crippen molar-refractivity contribution in [2.24, 2.45) is 5.92 Å². The first-order chi connectivity index (χ1) is 9.81. The monoisotopic (exact) mass is 272 g/mol. The van der Waals surface area contributed by atoms with Crippen molar-refractivity contribution >= 4 is 5.91 Å². The van der Waals surface area contributed by atoms with Gasteiger partial charge in [-0.15, -0.1) is 0 Å². The Bertz CT molecular complexity index is 463. The molecule has 20 heavy (non-hydrogen) atoms. The number of pyridine rings is 1. The average molecular weight is 272 g/mol. The Morgan fingerprint density at radius 2 is 2.50 bits per heavy atom. The number of hydrogen-bond acceptors (Lipinski definition) is 4. The summed E-state index contributed by atoms with van der Waals surface area (Å²) in [6.07, 6.45) is 5.82.